The summed E-state index contributed by atoms with van der Waals surface area (Å²) in [4.78, 5) is 11.9. The van der Waals surface area contributed by atoms with Crippen LogP contribution in [0.25, 0.3) is 0 Å². The van der Waals surface area contributed by atoms with Gasteiger partial charge in [-0.05, 0) is 59.3 Å². The van der Waals surface area contributed by atoms with E-state index < -0.39 is 5.54 Å². The first-order valence-electron chi connectivity index (χ1n) is 6.50. The van der Waals surface area contributed by atoms with Crippen molar-refractivity contribution in [3.05, 3.63) is 27.7 Å². The Morgan fingerprint density at radius 2 is 2.37 bits per heavy atom. The van der Waals surface area contributed by atoms with Gasteiger partial charge in [0.1, 0.15) is 5.54 Å². The zero-order valence-corrected chi connectivity index (χ0v) is 13.2. The van der Waals surface area contributed by atoms with Crippen LogP contribution >= 0.6 is 27.5 Å². The van der Waals surface area contributed by atoms with E-state index in [9.17, 15) is 4.79 Å². The second kappa shape index (κ2) is 5.71. The number of primary amides is 1. The second-order valence-corrected chi connectivity index (χ2v) is 6.48. The summed E-state index contributed by atoms with van der Waals surface area (Å²) in [7, 11) is 0. The predicted molar refractivity (Wildman–Crippen MR) is 82.3 cm³/mol. The average Bonchev–Trinajstić information content (AvgIpc) is 2.79. The first kappa shape index (κ1) is 14.7. The lowest BCUT2D eigenvalue weighted by Crippen LogP contribution is -2.48. The van der Waals surface area contributed by atoms with E-state index in [4.69, 9.17) is 17.3 Å². The van der Waals surface area contributed by atoms with Gasteiger partial charge in [0.05, 0.1) is 5.02 Å². The third-order valence-corrected chi connectivity index (χ3v) is 5.18. The fourth-order valence-corrected chi connectivity index (χ4v) is 3.24. The van der Waals surface area contributed by atoms with Gasteiger partial charge < -0.3 is 11.1 Å². The molecule has 2 atom stereocenters. The number of nitrogens with two attached hydrogens (primary N) is 1. The fraction of sp³-hybridized carbons (Fsp3) is 0.500. The summed E-state index contributed by atoms with van der Waals surface area (Å²) in [5.74, 6) is 0.297. The quantitative estimate of drug-likeness (QED) is 0.868. The average molecular weight is 346 g/mol. The number of benzene rings is 1. The number of hydrogen-bond acceptors (Lipinski definition) is 2. The third kappa shape index (κ3) is 3.06. The molecule has 1 aromatic carbocycles. The highest BCUT2D eigenvalue weighted by Crippen LogP contribution is 2.39. The molecule has 2 unspecified atom stereocenters. The van der Waals surface area contributed by atoms with Crippen LogP contribution in [0.2, 0.25) is 5.02 Å². The second-order valence-electron chi connectivity index (χ2n) is 5.22. The first-order valence-corrected chi connectivity index (χ1v) is 7.67. The summed E-state index contributed by atoms with van der Waals surface area (Å²) in [6.45, 7) is 2.15. The van der Waals surface area contributed by atoms with Crippen molar-refractivity contribution >= 4 is 39.1 Å². The van der Waals surface area contributed by atoms with Crippen molar-refractivity contribution in [2.75, 3.05) is 5.32 Å². The molecular weight excluding hydrogens is 328 g/mol. The number of amides is 1. The monoisotopic (exact) mass is 344 g/mol. The van der Waals surface area contributed by atoms with Gasteiger partial charge in [-0.1, -0.05) is 24.9 Å². The Morgan fingerprint density at radius 1 is 1.63 bits per heavy atom. The van der Waals surface area contributed by atoms with Crippen LogP contribution in [0.1, 0.15) is 32.6 Å². The summed E-state index contributed by atoms with van der Waals surface area (Å²) in [5.41, 5.74) is 5.88. The minimum atomic E-state index is -0.617. The minimum absolute atomic E-state index is 0.269. The van der Waals surface area contributed by atoms with Gasteiger partial charge in [-0.3, -0.25) is 4.79 Å². The molecule has 0 aromatic heterocycles. The zero-order chi connectivity index (χ0) is 14.0. The van der Waals surface area contributed by atoms with Crippen LogP contribution in [-0.4, -0.2) is 11.4 Å². The number of nitrogens with one attached hydrogen (secondary N) is 1. The van der Waals surface area contributed by atoms with Gasteiger partial charge in [-0.15, -0.1) is 0 Å². The fourth-order valence-electron chi connectivity index (χ4n) is 2.75. The van der Waals surface area contributed by atoms with Crippen molar-refractivity contribution in [3.63, 3.8) is 0 Å². The van der Waals surface area contributed by atoms with E-state index in [1.54, 1.807) is 6.07 Å². The zero-order valence-electron chi connectivity index (χ0n) is 10.9. The molecule has 1 fully saturated rings. The molecule has 104 valence electrons. The molecule has 1 amide bonds. The molecule has 0 heterocycles. The lowest BCUT2D eigenvalue weighted by atomic mass is 9.93. The summed E-state index contributed by atoms with van der Waals surface area (Å²) in [5, 5.41) is 3.97. The highest BCUT2D eigenvalue weighted by Gasteiger charge is 2.43. The number of carbonyl (C=O) groups excluding carboxylic acids is 1. The summed E-state index contributed by atoms with van der Waals surface area (Å²) in [6, 6.07) is 5.55. The van der Waals surface area contributed by atoms with Crippen LogP contribution in [0.3, 0.4) is 0 Å². The Labute approximate surface area is 127 Å². The molecule has 0 radical (unpaired) electrons. The predicted octanol–water partition coefficient (Wildman–Crippen LogP) is 3.95. The molecule has 19 heavy (non-hydrogen) atoms. The Bertz CT molecular complexity index is 494. The van der Waals surface area contributed by atoms with E-state index in [0.29, 0.717) is 10.9 Å². The van der Waals surface area contributed by atoms with Gasteiger partial charge >= 0.3 is 0 Å². The van der Waals surface area contributed by atoms with Crippen molar-refractivity contribution in [1.29, 1.82) is 0 Å². The molecule has 0 saturated heterocycles. The van der Waals surface area contributed by atoms with E-state index >= 15 is 0 Å². The summed E-state index contributed by atoms with van der Waals surface area (Å²) >= 11 is 9.36. The maximum atomic E-state index is 11.9. The Balaban J connectivity index is 2.22. The van der Waals surface area contributed by atoms with E-state index in [2.05, 4.69) is 28.2 Å². The third-order valence-electron chi connectivity index (χ3n) is 3.97. The maximum Gasteiger partial charge on any atom is 0.243 e. The highest BCUT2D eigenvalue weighted by molar-refractivity contribution is 9.10. The van der Waals surface area contributed by atoms with Crippen molar-refractivity contribution in [3.8, 4) is 0 Å². The van der Waals surface area contributed by atoms with E-state index in [-0.39, 0.29) is 5.91 Å². The molecule has 5 heteroatoms. The molecule has 3 nitrogen and oxygen atoms in total. The molecule has 0 spiro atoms. The Hall–Kier alpha value is -0.740. The van der Waals surface area contributed by atoms with Crippen LogP contribution in [-0.2, 0) is 4.79 Å². The van der Waals surface area contributed by atoms with Gasteiger partial charge in [-0.2, -0.15) is 0 Å². The van der Waals surface area contributed by atoms with Gasteiger partial charge in [-0.25, -0.2) is 0 Å². The number of carbonyl (C=O) groups is 1. The smallest absolute Gasteiger partial charge is 0.243 e. The first-order chi connectivity index (χ1) is 8.97. The molecule has 1 saturated carbocycles. The highest BCUT2D eigenvalue weighted by atomic mass is 79.9. The maximum absolute atomic E-state index is 11.9. The molecule has 3 N–H and O–H groups in total. The number of halogens is 2. The van der Waals surface area contributed by atoms with Gasteiger partial charge in [0, 0.05) is 10.2 Å². The minimum Gasteiger partial charge on any atom is -0.371 e. The normalized spacial score (nSPS) is 26.4. The lowest BCUT2D eigenvalue weighted by molar-refractivity contribution is -0.122. The molecule has 0 aliphatic heterocycles. The SMILES string of the molecule is CCC1CCC(Nc2ccc(Cl)c(Br)c2)(C(N)=O)C1. The van der Waals surface area contributed by atoms with E-state index in [1.807, 2.05) is 12.1 Å². The van der Waals surface area contributed by atoms with Crippen LogP contribution in [0.5, 0.6) is 0 Å². The van der Waals surface area contributed by atoms with Crippen molar-refractivity contribution in [2.24, 2.45) is 11.7 Å². The molecule has 0 bridgehead atoms. The molecule has 2 rings (SSSR count). The summed E-state index contributed by atoms with van der Waals surface area (Å²) in [6.07, 6.45) is 3.72. The van der Waals surface area contributed by atoms with Gasteiger partial charge in [0.25, 0.3) is 0 Å². The van der Waals surface area contributed by atoms with Crippen LogP contribution in [0.4, 0.5) is 5.69 Å². The molecule has 1 aliphatic rings. The van der Waals surface area contributed by atoms with Crippen molar-refractivity contribution in [1.82, 2.24) is 0 Å². The van der Waals surface area contributed by atoms with Crippen molar-refractivity contribution in [2.45, 2.75) is 38.1 Å². The summed E-state index contributed by atoms with van der Waals surface area (Å²) < 4.78 is 0.809. The van der Waals surface area contributed by atoms with Crippen LogP contribution in [0.15, 0.2) is 22.7 Å². The molecule has 1 aromatic rings. The number of rotatable bonds is 4. The van der Waals surface area contributed by atoms with Crippen LogP contribution in [0, 0.1) is 5.92 Å². The molecular formula is C14H18BrClN2O. The topological polar surface area (TPSA) is 55.1 Å². The lowest BCUT2D eigenvalue weighted by Gasteiger charge is -2.28. The Morgan fingerprint density at radius 3 is 2.89 bits per heavy atom. The largest absolute Gasteiger partial charge is 0.371 e. The number of anilines is 1. The van der Waals surface area contributed by atoms with Crippen LogP contribution < -0.4 is 11.1 Å². The van der Waals surface area contributed by atoms with Crippen molar-refractivity contribution < 1.29 is 4.79 Å². The number of hydrogen-bond donors (Lipinski definition) is 2. The van der Waals surface area contributed by atoms with Gasteiger partial charge in [0.15, 0.2) is 0 Å². The standard InChI is InChI=1S/C14H18BrClN2O/c1-2-9-5-6-14(8-9,13(17)19)18-10-3-4-12(16)11(15)7-10/h3-4,7,9,18H,2,5-6,8H2,1H3,(H2,17,19). The molecule has 1 aliphatic carbocycles. The van der Waals surface area contributed by atoms with E-state index in [0.717, 1.165) is 35.8 Å². The van der Waals surface area contributed by atoms with Gasteiger partial charge in [0.2, 0.25) is 5.91 Å². The van der Waals surface area contributed by atoms with E-state index in [1.165, 1.54) is 0 Å². The Kier molecular flexibility index (Phi) is 4.41.